The third-order valence-corrected chi connectivity index (χ3v) is 5.09. The predicted molar refractivity (Wildman–Crippen MR) is 120 cm³/mol. The van der Waals surface area contributed by atoms with Crippen molar-refractivity contribution >= 4 is 51.8 Å². The van der Waals surface area contributed by atoms with Gasteiger partial charge in [0.1, 0.15) is 11.3 Å². The van der Waals surface area contributed by atoms with E-state index in [9.17, 15) is 9.59 Å². The van der Waals surface area contributed by atoms with E-state index in [-0.39, 0.29) is 10.7 Å². The molecule has 0 aliphatic carbocycles. The van der Waals surface area contributed by atoms with Gasteiger partial charge in [0, 0.05) is 22.7 Å². The van der Waals surface area contributed by atoms with Gasteiger partial charge in [0.05, 0.1) is 19.3 Å². The maximum atomic E-state index is 13.3. The summed E-state index contributed by atoms with van der Waals surface area (Å²) in [6.45, 7) is 0.376. The van der Waals surface area contributed by atoms with Crippen LogP contribution in [-0.2, 0) is 16.1 Å². The van der Waals surface area contributed by atoms with E-state index in [2.05, 4.69) is 11.2 Å². The Hall–Kier alpha value is -3.89. The molecule has 2 heterocycles. The summed E-state index contributed by atoms with van der Waals surface area (Å²) in [6, 6.07) is 14.6. The molecule has 0 bridgehead atoms. The van der Waals surface area contributed by atoms with Gasteiger partial charge in [-0.15, -0.1) is 6.42 Å². The Labute approximate surface area is 178 Å². The number of nitrogens with one attached hydrogen (secondary N) is 1. The van der Waals surface area contributed by atoms with Crippen molar-refractivity contribution in [3.63, 3.8) is 0 Å². The molecule has 4 rings (SSSR count). The van der Waals surface area contributed by atoms with E-state index < -0.39 is 11.8 Å². The van der Waals surface area contributed by atoms with Crippen molar-refractivity contribution in [2.45, 2.75) is 6.54 Å². The zero-order valence-electron chi connectivity index (χ0n) is 16.1. The van der Waals surface area contributed by atoms with Gasteiger partial charge in [-0.25, -0.2) is 4.90 Å². The molecule has 148 valence electrons. The summed E-state index contributed by atoms with van der Waals surface area (Å²) >= 11 is 5.27. The molecule has 6 nitrogen and oxygen atoms in total. The summed E-state index contributed by atoms with van der Waals surface area (Å²) in [4.78, 5) is 27.2. The SMILES string of the molecule is C#CCn1cc(/C=C2\C(=O)NC(=S)N(c3ccccc3OC)C2=O)c2ccccc21. The van der Waals surface area contributed by atoms with Gasteiger partial charge in [-0.05, 0) is 36.5 Å². The highest BCUT2D eigenvalue weighted by Gasteiger charge is 2.36. The normalized spacial score (nSPS) is 15.4. The van der Waals surface area contributed by atoms with E-state index in [4.69, 9.17) is 23.4 Å². The fourth-order valence-electron chi connectivity index (χ4n) is 3.47. The topological polar surface area (TPSA) is 63.6 Å². The second kappa shape index (κ2) is 7.85. The van der Waals surface area contributed by atoms with Gasteiger partial charge in [0.2, 0.25) is 0 Å². The number of ether oxygens (including phenoxy) is 1. The maximum Gasteiger partial charge on any atom is 0.270 e. The first-order valence-electron chi connectivity index (χ1n) is 9.11. The molecule has 2 amide bonds. The van der Waals surface area contributed by atoms with Crippen LogP contribution in [0.4, 0.5) is 5.69 Å². The number of anilines is 1. The first-order valence-corrected chi connectivity index (χ1v) is 9.51. The van der Waals surface area contributed by atoms with Crippen molar-refractivity contribution in [1.29, 1.82) is 0 Å². The molecule has 1 aliphatic rings. The maximum absolute atomic E-state index is 13.3. The van der Waals surface area contributed by atoms with Crippen molar-refractivity contribution in [2.24, 2.45) is 0 Å². The summed E-state index contributed by atoms with van der Waals surface area (Å²) in [5, 5.41) is 3.48. The molecule has 0 unspecified atom stereocenters. The molecule has 0 radical (unpaired) electrons. The van der Waals surface area contributed by atoms with Gasteiger partial charge in [-0.2, -0.15) is 0 Å². The van der Waals surface area contributed by atoms with Crippen LogP contribution in [0.5, 0.6) is 5.75 Å². The first kappa shape index (κ1) is 19.4. The van der Waals surface area contributed by atoms with Crippen LogP contribution in [0.1, 0.15) is 5.56 Å². The highest BCUT2D eigenvalue weighted by atomic mass is 32.1. The Morgan fingerprint density at radius 2 is 1.90 bits per heavy atom. The minimum absolute atomic E-state index is 0.00131. The molecule has 0 atom stereocenters. The summed E-state index contributed by atoms with van der Waals surface area (Å²) in [6.07, 6.45) is 8.88. The molecule has 1 aliphatic heterocycles. The van der Waals surface area contributed by atoms with Crippen LogP contribution < -0.4 is 15.0 Å². The predicted octanol–water partition coefficient (Wildman–Crippen LogP) is 3.11. The summed E-state index contributed by atoms with van der Waals surface area (Å²) in [5.41, 5.74) is 2.06. The number of benzene rings is 2. The molecule has 0 spiro atoms. The highest BCUT2D eigenvalue weighted by Crippen LogP contribution is 2.31. The number of amides is 2. The molecule has 1 fully saturated rings. The minimum atomic E-state index is -0.551. The Kier molecular flexibility index (Phi) is 5.09. The van der Waals surface area contributed by atoms with E-state index in [1.54, 1.807) is 30.3 Å². The average Bonchev–Trinajstić information content (AvgIpc) is 3.09. The van der Waals surface area contributed by atoms with Gasteiger partial charge in [-0.1, -0.05) is 36.3 Å². The number of rotatable bonds is 4. The van der Waals surface area contributed by atoms with E-state index in [0.717, 1.165) is 10.9 Å². The van der Waals surface area contributed by atoms with E-state index in [0.29, 0.717) is 23.5 Å². The second-order valence-electron chi connectivity index (χ2n) is 6.56. The lowest BCUT2D eigenvalue weighted by atomic mass is 10.1. The molecular formula is C23H17N3O3S. The van der Waals surface area contributed by atoms with Gasteiger partial charge in [0.25, 0.3) is 11.8 Å². The van der Waals surface area contributed by atoms with Gasteiger partial charge in [-0.3, -0.25) is 14.9 Å². The van der Waals surface area contributed by atoms with Crippen LogP contribution in [0.15, 0.2) is 60.3 Å². The fourth-order valence-corrected chi connectivity index (χ4v) is 3.74. The standard InChI is InChI=1S/C23H17N3O3S/c1-3-12-25-14-15(16-8-4-5-9-18(16)25)13-17-21(27)24-23(30)26(22(17)28)19-10-6-7-11-20(19)29-2/h1,4-11,13-14H,12H2,2H3,(H,24,27,30)/b17-13+. The quantitative estimate of drug-likeness (QED) is 0.308. The summed E-state index contributed by atoms with van der Waals surface area (Å²) < 4.78 is 7.25. The third-order valence-electron chi connectivity index (χ3n) is 4.81. The molecule has 30 heavy (non-hydrogen) atoms. The highest BCUT2D eigenvalue weighted by molar-refractivity contribution is 7.80. The Bertz CT molecular complexity index is 1270. The number of carbonyl (C=O) groups excluding carboxylic acids is 2. The third kappa shape index (κ3) is 3.23. The van der Waals surface area contributed by atoms with Gasteiger partial charge in [0.15, 0.2) is 5.11 Å². The number of para-hydroxylation sites is 3. The van der Waals surface area contributed by atoms with Crippen molar-refractivity contribution in [1.82, 2.24) is 9.88 Å². The molecule has 1 aromatic heterocycles. The Morgan fingerprint density at radius 1 is 1.17 bits per heavy atom. The van der Waals surface area contributed by atoms with Crippen LogP contribution in [0.3, 0.4) is 0 Å². The monoisotopic (exact) mass is 415 g/mol. The zero-order valence-corrected chi connectivity index (χ0v) is 16.9. The lowest BCUT2D eigenvalue weighted by molar-refractivity contribution is -0.122. The van der Waals surface area contributed by atoms with E-state index >= 15 is 0 Å². The van der Waals surface area contributed by atoms with Crippen LogP contribution >= 0.6 is 12.2 Å². The minimum Gasteiger partial charge on any atom is -0.495 e. The lowest BCUT2D eigenvalue weighted by Crippen LogP contribution is -2.54. The van der Waals surface area contributed by atoms with Crippen LogP contribution in [-0.4, -0.2) is 28.6 Å². The van der Waals surface area contributed by atoms with Crippen molar-refractivity contribution in [2.75, 3.05) is 12.0 Å². The molecule has 0 saturated carbocycles. The molecule has 2 aromatic carbocycles. The molecule has 1 N–H and O–H groups in total. The second-order valence-corrected chi connectivity index (χ2v) is 6.95. The first-order chi connectivity index (χ1) is 14.5. The smallest absolute Gasteiger partial charge is 0.270 e. The zero-order chi connectivity index (χ0) is 21.3. The van der Waals surface area contributed by atoms with Crippen molar-refractivity contribution < 1.29 is 14.3 Å². The fraction of sp³-hybridized carbons (Fsp3) is 0.0870. The van der Waals surface area contributed by atoms with Crippen LogP contribution in [0.25, 0.3) is 17.0 Å². The van der Waals surface area contributed by atoms with E-state index in [1.165, 1.54) is 12.0 Å². The number of carbonyl (C=O) groups is 2. The van der Waals surface area contributed by atoms with Crippen molar-refractivity contribution in [3.05, 3.63) is 65.9 Å². The van der Waals surface area contributed by atoms with Crippen molar-refractivity contribution in [3.8, 4) is 18.1 Å². The Morgan fingerprint density at radius 3 is 2.67 bits per heavy atom. The van der Waals surface area contributed by atoms with Crippen LogP contribution in [0.2, 0.25) is 0 Å². The van der Waals surface area contributed by atoms with Crippen LogP contribution in [0, 0.1) is 12.3 Å². The Balaban J connectivity index is 1.83. The number of nitrogens with zero attached hydrogens (tertiary/aromatic N) is 2. The number of hydrogen-bond donors (Lipinski definition) is 1. The molecule has 7 heteroatoms. The molecular weight excluding hydrogens is 398 g/mol. The van der Waals surface area contributed by atoms with E-state index in [1.807, 2.05) is 35.0 Å². The molecule has 3 aromatic rings. The number of thiocarbonyl (C=S) groups is 1. The average molecular weight is 415 g/mol. The van der Waals surface area contributed by atoms with Gasteiger partial charge >= 0.3 is 0 Å². The summed E-state index contributed by atoms with van der Waals surface area (Å²) in [7, 11) is 1.51. The number of terminal acetylenes is 1. The summed E-state index contributed by atoms with van der Waals surface area (Å²) in [5.74, 6) is 2.00. The number of hydrogen-bond acceptors (Lipinski definition) is 4. The number of methoxy groups -OCH3 is 1. The molecule has 1 saturated heterocycles. The van der Waals surface area contributed by atoms with Gasteiger partial charge < -0.3 is 9.30 Å². The number of fused-ring (bicyclic) bond motifs is 1. The largest absolute Gasteiger partial charge is 0.495 e. The number of aromatic nitrogens is 1. The lowest BCUT2D eigenvalue weighted by Gasteiger charge is -2.29.